The molecule has 0 aliphatic carbocycles. The lowest BCUT2D eigenvalue weighted by molar-refractivity contribution is 0.339. The number of furan rings is 1. The van der Waals surface area contributed by atoms with Gasteiger partial charge in [-0.3, -0.25) is 0 Å². The summed E-state index contributed by atoms with van der Waals surface area (Å²) in [5.74, 6) is 0.176. The van der Waals surface area contributed by atoms with E-state index in [9.17, 15) is 4.57 Å². The van der Waals surface area contributed by atoms with Gasteiger partial charge in [-0.25, -0.2) is 9.24 Å². The summed E-state index contributed by atoms with van der Waals surface area (Å²) in [6, 6.07) is 3.22. The van der Waals surface area contributed by atoms with Gasteiger partial charge in [0.2, 0.25) is 0 Å². The van der Waals surface area contributed by atoms with Crippen LogP contribution < -0.4 is 4.52 Å². The topological polar surface area (TPSA) is 42.7 Å². The van der Waals surface area contributed by atoms with E-state index in [1.165, 1.54) is 6.26 Å². The van der Waals surface area contributed by atoms with Crippen LogP contribution in [-0.4, -0.2) is 17.8 Å². The summed E-state index contributed by atoms with van der Waals surface area (Å²) < 4.78 is 23.4. The number of halogens is 1. The van der Waals surface area contributed by atoms with E-state index in [1.54, 1.807) is 16.8 Å². The van der Waals surface area contributed by atoms with Crippen molar-refractivity contribution in [1.29, 1.82) is 0 Å². The fourth-order valence-corrected chi connectivity index (χ4v) is 3.01. The van der Waals surface area contributed by atoms with Crippen LogP contribution in [0.15, 0.2) is 22.8 Å². The van der Waals surface area contributed by atoms with Crippen molar-refractivity contribution in [3.05, 3.63) is 18.4 Å². The van der Waals surface area contributed by atoms with Gasteiger partial charge in [0.25, 0.3) is 5.95 Å². The highest BCUT2D eigenvalue weighted by Gasteiger charge is 2.29. The van der Waals surface area contributed by atoms with Crippen molar-refractivity contribution in [2.45, 2.75) is 13.8 Å². The highest BCUT2D eigenvalue weighted by atomic mass is 35.7. The van der Waals surface area contributed by atoms with Crippen LogP contribution >= 0.6 is 18.1 Å². The molecule has 80 valence electrons. The van der Waals surface area contributed by atoms with Crippen LogP contribution in [0, 0.1) is 0 Å². The summed E-state index contributed by atoms with van der Waals surface area (Å²) in [6.45, 7) is 1.59. The van der Waals surface area contributed by atoms with E-state index in [1.807, 2.05) is 13.8 Å². The summed E-state index contributed by atoms with van der Waals surface area (Å²) in [7, 11) is 0. The standard InChI is InChI=1S/C8H13ClNO3P/c1-3-10(4-2)14(9,11)13-8-6-5-7-12-8/h5-7H,3-4H2,1-2H3. The molecule has 4 nitrogen and oxygen atoms in total. The predicted octanol–water partition coefficient (Wildman–Crippen LogP) is 3.35. The Morgan fingerprint density at radius 3 is 2.64 bits per heavy atom. The smallest absolute Gasteiger partial charge is 0.414 e. The number of hydrogen-bond acceptors (Lipinski definition) is 3. The number of rotatable bonds is 5. The second kappa shape index (κ2) is 4.87. The average molecular weight is 238 g/mol. The molecule has 1 unspecified atom stereocenters. The van der Waals surface area contributed by atoms with Crippen molar-refractivity contribution in [3.8, 4) is 5.95 Å². The number of nitrogens with zero attached hydrogens (tertiary/aromatic N) is 1. The largest absolute Gasteiger partial charge is 0.434 e. The minimum absolute atomic E-state index is 0.176. The Kier molecular flexibility index (Phi) is 4.05. The maximum atomic E-state index is 11.9. The molecule has 1 heterocycles. The van der Waals surface area contributed by atoms with Gasteiger partial charge in [0.15, 0.2) is 0 Å². The molecule has 1 atom stereocenters. The molecule has 1 rings (SSSR count). The van der Waals surface area contributed by atoms with Crippen LogP contribution in [0.5, 0.6) is 5.95 Å². The third-order valence-electron chi connectivity index (χ3n) is 1.77. The molecule has 0 fully saturated rings. The minimum atomic E-state index is -3.28. The zero-order valence-corrected chi connectivity index (χ0v) is 9.79. The van der Waals surface area contributed by atoms with Crippen LogP contribution in [0.25, 0.3) is 0 Å². The normalized spacial score (nSPS) is 15.4. The molecule has 0 aliphatic rings. The number of hydrogen-bond donors (Lipinski definition) is 0. The molecular formula is C8H13ClNO3P. The first-order valence-electron chi connectivity index (χ1n) is 4.38. The molecule has 0 spiro atoms. The third kappa shape index (κ3) is 2.77. The van der Waals surface area contributed by atoms with Gasteiger partial charge in [-0.15, -0.1) is 0 Å². The Bertz CT molecular complexity index is 310. The third-order valence-corrected chi connectivity index (χ3v) is 4.26. The van der Waals surface area contributed by atoms with E-state index in [2.05, 4.69) is 0 Å². The molecule has 0 saturated heterocycles. The molecule has 0 aliphatic heterocycles. The summed E-state index contributed by atoms with van der Waals surface area (Å²) in [5, 5.41) is 0. The highest BCUT2D eigenvalue weighted by molar-refractivity contribution is 7.83. The summed E-state index contributed by atoms with van der Waals surface area (Å²) in [4.78, 5) is 0. The average Bonchev–Trinajstić information content (AvgIpc) is 2.57. The molecule has 0 bridgehead atoms. The van der Waals surface area contributed by atoms with E-state index in [4.69, 9.17) is 20.2 Å². The Morgan fingerprint density at radius 1 is 1.57 bits per heavy atom. The van der Waals surface area contributed by atoms with E-state index in [-0.39, 0.29) is 5.95 Å². The summed E-state index contributed by atoms with van der Waals surface area (Å²) in [5.41, 5.74) is 0. The van der Waals surface area contributed by atoms with Crippen LogP contribution in [0.2, 0.25) is 0 Å². The predicted molar refractivity (Wildman–Crippen MR) is 55.7 cm³/mol. The fourth-order valence-electron chi connectivity index (χ4n) is 1.05. The van der Waals surface area contributed by atoms with Crippen molar-refractivity contribution in [1.82, 2.24) is 4.67 Å². The van der Waals surface area contributed by atoms with Crippen molar-refractivity contribution in [2.75, 3.05) is 13.1 Å². The lowest BCUT2D eigenvalue weighted by Gasteiger charge is -2.22. The summed E-state index contributed by atoms with van der Waals surface area (Å²) >= 11 is 5.79. The van der Waals surface area contributed by atoms with Gasteiger partial charge in [0.1, 0.15) is 0 Å². The van der Waals surface area contributed by atoms with Gasteiger partial charge in [0, 0.05) is 30.4 Å². The molecule has 14 heavy (non-hydrogen) atoms. The van der Waals surface area contributed by atoms with Gasteiger partial charge >= 0.3 is 6.87 Å². The monoisotopic (exact) mass is 237 g/mol. The Morgan fingerprint density at radius 2 is 2.21 bits per heavy atom. The van der Waals surface area contributed by atoms with Crippen LogP contribution in [0.1, 0.15) is 13.8 Å². The molecule has 0 radical (unpaired) electrons. The zero-order chi connectivity index (χ0) is 10.6. The van der Waals surface area contributed by atoms with E-state index in [0.29, 0.717) is 13.1 Å². The van der Waals surface area contributed by atoms with Gasteiger partial charge in [0.05, 0.1) is 6.26 Å². The Labute approximate surface area is 88.1 Å². The molecule has 0 aromatic carbocycles. The lowest BCUT2D eigenvalue weighted by atomic mass is 10.7. The fraction of sp³-hybridized carbons (Fsp3) is 0.500. The maximum absolute atomic E-state index is 11.9. The van der Waals surface area contributed by atoms with E-state index >= 15 is 0 Å². The quantitative estimate of drug-likeness (QED) is 0.737. The molecule has 0 amide bonds. The van der Waals surface area contributed by atoms with E-state index in [0.717, 1.165) is 0 Å². The van der Waals surface area contributed by atoms with Crippen molar-refractivity contribution in [3.63, 3.8) is 0 Å². The molecule has 1 aromatic heterocycles. The zero-order valence-electron chi connectivity index (χ0n) is 8.14. The first kappa shape index (κ1) is 11.6. The van der Waals surface area contributed by atoms with Crippen LogP contribution in [0.3, 0.4) is 0 Å². The Balaban J connectivity index is 2.70. The SMILES string of the molecule is CCN(CC)P(=O)(Cl)Oc1ccco1. The summed E-state index contributed by atoms with van der Waals surface area (Å²) in [6.07, 6.45) is 1.44. The second-order valence-electron chi connectivity index (χ2n) is 2.61. The van der Waals surface area contributed by atoms with Gasteiger partial charge in [-0.1, -0.05) is 13.8 Å². The first-order valence-corrected chi connectivity index (χ1v) is 6.86. The molecule has 6 heteroatoms. The highest BCUT2D eigenvalue weighted by Crippen LogP contribution is 2.55. The van der Waals surface area contributed by atoms with Crippen LogP contribution in [0.4, 0.5) is 0 Å². The molecule has 0 saturated carbocycles. The Hall–Kier alpha value is -0.440. The first-order chi connectivity index (χ1) is 6.60. The molecule has 1 aromatic rings. The second-order valence-corrected chi connectivity index (χ2v) is 5.55. The van der Waals surface area contributed by atoms with Crippen molar-refractivity contribution >= 4 is 18.1 Å². The van der Waals surface area contributed by atoms with Gasteiger partial charge < -0.3 is 8.94 Å². The van der Waals surface area contributed by atoms with Gasteiger partial charge in [-0.2, -0.15) is 0 Å². The molecular weight excluding hydrogens is 225 g/mol. The minimum Gasteiger partial charge on any atom is -0.434 e. The van der Waals surface area contributed by atoms with Crippen LogP contribution in [-0.2, 0) is 4.57 Å². The lowest BCUT2D eigenvalue weighted by Crippen LogP contribution is -2.19. The van der Waals surface area contributed by atoms with Gasteiger partial charge in [-0.05, 0) is 6.07 Å². The van der Waals surface area contributed by atoms with Crippen molar-refractivity contribution < 1.29 is 13.5 Å². The maximum Gasteiger partial charge on any atom is 0.414 e. The van der Waals surface area contributed by atoms with E-state index < -0.39 is 6.87 Å². The van der Waals surface area contributed by atoms with Crippen molar-refractivity contribution in [2.24, 2.45) is 0 Å². The molecule has 0 N–H and O–H groups in total.